The van der Waals surface area contributed by atoms with E-state index in [4.69, 9.17) is 16.7 Å². The van der Waals surface area contributed by atoms with Crippen LogP contribution in [0.4, 0.5) is 11.5 Å². The molecule has 1 atom stereocenters. The van der Waals surface area contributed by atoms with Crippen LogP contribution in [0.5, 0.6) is 0 Å². The average molecular weight is 522 g/mol. The Morgan fingerprint density at radius 1 is 1.14 bits per heavy atom. The number of aromatic nitrogens is 4. The second-order valence-corrected chi connectivity index (χ2v) is 10.1. The summed E-state index contributed by atoms with van der Waals surface area (Å²) in [6.07, 6.45) is 0. The highest BCUT2D eigenvalue weighted by molar-refractivity contribution is 6.29. The minimum atomic E-state index is -0.183. The lowest BCUT2D eigenvalue weighted by Gasteiger charge is -2.36. The minimum Gasteiger partial charge on any atom is -0.374 e. The van der Waals surface area contributed by atoms with Gasteiger partial charge >= 0.3 is 0 Å². The predicted molar refractivity (Wildman–Crippen MR) is 149 cm³/mol. The fourth-order valence-electron chi connectivity index (χ4n) is 5.24. The van der Waals surface area contributed by atoms with Gasteiger partial charge in [0, 0.05) is 57.5 Å². The molecule has 1 N–H and O–H groups in total. The predicted octanol–water partition coefficient (Wildman–Crippen LogP) is 4.11. The van der Waals surface area contributed by atoms with Crippen LogP contribution in [0.15, 0.2) is 35.1 Å². The van der Waals surface area contributed by atoms with Crippen LogP contribution in [0.25, 0.3) is 21.8 Å². The number of nitrogens with one attached hydrogen (secondary N) is 1. The van der Waals surface area contributed by atoms with Crippen LogP contribution in [0.3, 0.4) is 0 Å². The first-order valence-corrected chi connectivity index (χ1v) is 13.0. The van der Waals surface area contributed by atoms with Crippen molar-refractivity contribution in [2.45, 2.75) is 40.3 Å². The van der Waals surface area contributed by atoms with E-state index in [0.29, 0.717) is 43.3 Å². The van der Waals surface area contributed by atoms with Gasteiger partial charge in [-0.3, -0.25) is 14.2 Å². The molecule has 1 aliphatic rings. The van der Waals surface area contributed by atoms with Crippen molar-refractivity contribution >= 4 is 50.8 Å². The summed E-state index contributed by atoms with van der Waals surface area (Å²) >= 11 is 6.30. The number of amides is 1. The molecule has 0 saturated carbocycles. The summed E-state index contributed by atoms with van der Waals surface area (Å²) in [5, 5.41) is 11.6. The van der Waals surface area contributed by atoms with Gasteiger partial charge in [0.2, 0.25) is 5.91 Å². The molecule has 10 heteroatoms. The van der Waals surface area contributed by atoms with Crippen molar-refractivity contribution in [2.75, 3.05) is 36.4 Å². The third-order valence-corrected chi connectivity index (χ3v) is 7.41. The standard InChI is InChI=1S/C27H32ClN7O2/c1-6-35-26-23(19-8-7-16(2)15-20(19)27(37)32(26)5)24(31-35)17(3)29-21-9-10-22(28)30-25(21)34-13-11-33(12-14-34)18(4)36/h7-10,15,17,29H,6,11-14H2,1-5H3. The van der Waals surface area contributed by atoms with E-state index < -0.39 is 0 Å². The molecule has 1 aromatic carbocycles. The first kappa shape index (κ1) is 25.1. The van der Waals surface area contributed by atoms with Gasteiger partial charge in [0.1, 0.15) is 10.8 Å². The van der Waals surface area contributed by atoms with Gasteiger partial charge in [0.15, 0.2) is 5.82 Å². The number of piperazine rings is 1. The third kappa shape index (κ3) is 4.41. The monoisotopic (exact) mass is 521 g/mol. The summed E-state index contributed by atoms with van der Waals surface area (Å²) < 4.78 is 3.60. The van der Waals surface area contributed by atoms with Crippen molar-refractivity contribution in [3.63, 3.8) is 0 Å². The molecule has 37 heavy (non-hydrogen) atoms. The molecule has 0 aliphatic carbocycles. The van der Waals surface area contributed by atoms with Crippen LogP contribution < -0.4 is 15.8 Å². The zero-order valence-corrected chi connectivity index (χ0v) is 22.6. The Morgan fingerprint density at radius 3 is 2.54 bits per heavy atom. The van der Waals surface area contributed by atoms with Crippen molar-refractivity contribution in [3.8, 4) is 0 Å². The van der Waals surface area contributed by atoms with Crippen molar-refractivity contribution in [1.82, 2.24) is 24.2 Å². The average Bonchev–Trinajstić information content (AvgIpc) is 3.28. The number of carbonyl (C=O) groups is 1. The molecule has 1 aliphatic heterocycles. The molecule has 4 heterocycles. The van der Waals surface area contributed by atoms with Crippen LogP contribution in [0, 0.1) is 6.92 Å². The molecule has 1 unspecified atom stereocenters. The lowest BCUT2D eigenvalue weighted by atomic mass is 10.0. The van der Waals surface area contributed by atoms with E-state index >= 15 is 0 Å². The van der Waals surface area contributed by atoms with Gasteiger partial charge in [0.05, 0.1) is 22.8 Å². The Hall–Kier alpha value is -3.59. The molecule has 0 bridgehead atoms. The summed E-state index contributed by atoms with van der Waals surface area (Å²) in [5.41, 5.74) is 3.53. The van der Waals surface area contributed by atoms with Gasteiger partial charge < -0.3 is 15.1 Å². The normalized spacial score (nSPS) is 15.0. The number of hydrogen-bond acceptors (Lipinski definition) is 6. The molecule has 3 aromatic heterocycles. The van der Waals surface area contributed by atoms with Crippen LogP contribution in [-0.2, 0) is 18.4 Å². The van der Waals surface area contributed by atoms with E-state index in [1.807, 2.05) is 54.7 Å². The fraction of sp³-hybridized carbons (Fsp3) is 0.407. The van der Waals surface area contributed by atoms with Gasteiger partial charge in [-0.25, -0.2) is 9.67 Å². The molecular formula is C27H32ClN7O2. The van der Waals surface area contributed by atoms with E-state index in [0.717, 1.165) is 39.2 Å². The maximum Gasteiger partial charge on any atom is 0.259 e. The number of rotatable bonds is 5. The van der Waals surface area contributed by atoms with Gasteiger partial charge in [0.25, 0.3) is 5.56 Å². The Balaban J connectivity index is 1.57. The molecule has 4 aromatic rings. The number of anilines is 2. The summed E-state index contributed by atoms with van der Waals surface area (Å²) in [7, 11) is 1.81. The zero-order chi connectivity index (χ0) is 26.4. The van der Waals surface area contributed by atoms with Crippen molar-refractivity contribution in [2.24, 2.45) is 7.05 Å². The maximum absolute atomic E-state index is 13.2. The molecule has 1 fully saturated rings. The number of benzene rings is 1. The molecule has 9 nitrogen and oxygen atoms in total. The molecule has 194 valence electrons. The lowest BCUT2D eigenvalue weighted by Crippen LogP contribution is -2.48. The maximum atomic E-state index is 13.2. The SMILES string of the molecule is CCn1nc(C(C)Nc2ccc(Cl)nc2N2CCN(C(C)=O)CC2)c2c3ccc(C)cc3c(=O)n(C)c21. The smallest absolute Gasteiger partial charge is 0.259 e. The second kappa shape index (κ2) is 9.70. The summed E-state index contributed by atoms with van der Waals surface area (Å²) in [6, 6.07) is 9.54. The number of pyridine rings is 2. The molecular weight excluding hydrogens is 490 g/mol. The van der Waals surface area contributed by atoms with E-state index in [9.17, 15) is 9.59 Å². The summed E-state index contributed by atoms with van der Waals surface area (Å²) in [6.45, 7) is 11.0. The molecule has 1 saturated heterocycles. The van der Waals surface area contributed by atoms with Crippen molar-refractivity contribution in [3.05, 3.63) is 57.1 Å². The van der Waals surface area contributed by atoms with Crippen LogP contribution >= 0.6 is 11.6 Å². The Labute approximate surface area is 220 Å². The second-order valence-electron chi connectivity index (χ2n) is 9.68. The highest BCUT2D eigenvalue weighted by atomic mass is 35.5. The fourth-order valence-corrected chi connectivity index (χ4v) is 5.38. The highest BCUT2D eigenvalue weighted by Crippen LogP contribution is 2.34. The van der Waals surface area contributed by atoms with E-state index in [1.165, 1.54) is 0 Å². The lowest BCUT2D eigenvalue weighted by molar-refractivity contribution is -0.129. The van der Waals surface area contributed by atoms with Crippen LogP contribution in [-0.4, -0.2) is 56.3 Å². The Morgan fingerprint density at radius 2 is 1.86 bits per heavy atom. The highest BCUT2D eigenvalue weighted by Gasteiger charge is 2.25. The van der Waals surface area contributed by atoms with Crippen molar-refractivity contribution < 1.29 is 4.79 Å². The topological polar surface area (TPSA) is 88.3 Å². The van der Waals surface area contributed by atoms with Crippen LogP contribution in [0.1, 0.15) is 38.1 Å². The summed E-state index contributed by atoms with van der Waals surface area (Å²) in [4.78, 5) is 33.6. The zero-order valence-electron chi connectivity index (χ0n) is 21.9. The molecule has 0 radical (unpaired) electrons. The van der Waals surface area contributed by atoms with E-state index in [1.54, 1.807) is 17.6 Å². The number of hydrogen-bond donors (Lipinski definition) is 1. The largest absolute Gasteiger partial charge is 0.374 e. The van der Waals surface area contributed by atoms with Crippen molar-refractivity contribution in [1.29, 1.82) is 0 Å². The molecule has 5 rings (SSSR count). The third-order valence-electron chi connectivity index (χ3n) is 7.20. The summed E-state index contributed by atoms with van der Waals surface area (Å²) in [5.74, 6) is 0.843. The number of aryl methyl sites for hydroxylation is 3. The molecule has 1 amide bonds. The first-order chi connectivity index (χ1) is 17.7. The van der Waals surface area contributed by atoms with E-state index in [2.05, 4.69) is 22.1 Å². The number of carbonyl (C=O) groups excluding carboxylic acids is 1. The van der Waals surface area contributed by atoms with Gasteiger partial charge in [-0.05, 0) is 39.0 Å². The Kier molecular flexibility index (Phi) is 6.58. The molecule has 0 spiro atoms. The van der Waals surface area contributed by atoms with Gasteiger partial charge in [-0.15, -0.1) is 0 Å². The quantitative estimate of drug-likeness (QED) is 0.398. The first-order valence-electron chi connectivity index (χ1n) is 12.6. The Bertz CT molecular complexity index is 1570. The van der Waals surface area contributed by atoms with E-state index in [-0.39, 0.29) is 17.5 Å². The minimum absolute atomic E-state index is 0.0261. The van der Waals surface area contributed by atoms with Crippen LogP contribution in [0.2, 0.25) is 5.15 Å². The number of halogens is 1. The number of fused-ring (bicyclic) bond motifs is 3. The van der Waals surface area contributed by atoms with Gasteiger partial charge in [-0.2, -0.15) is 5.10 Å². The van der Waals surface area contributed by atoms with Gasteiger partial charge in [-0.1, -0.05) is 29.3 Å². The number of nitrogens with zero attached hydrogens (tertiary/aromatic N) is 6.